The van der Waals surface area contributed by atoms with Crippen LogP contribution in [-0.2, 0) is 6.54 Å². The summed E-state index contributed by atoms with van der Waals surface area (Å²) < 4.78 is 0. The summed E-state index contributed by atoms with van der Waals surface area (Å²) in [6.07, 6.45) is 10.5. The molecule has 1 aromatic rings. The predicted molar refractivity (Wildman–Crippen MR) is 83.8 cm³/mol. The molecule has 2 atom stereocenters. The SMILES string of the molecule is CCNc1cc(CN2CCCC3CCCCC32)ccn1. The Morgan fingerprint density at radius 2 is 2.10 bits per heavy atom. The van der Waals surface area contributed by atoms with Gasteiger partial charge in [-0.25, -0.2) is 4.98 Å². The van der Waals surface area contributed by atoms with Gasteiger partial charge in [-0.15, -0.1) is 0 Å². The quantitative estimate of drug-likeness (QED) is 0.907. The second kappa shape index (κ2) is 6.57. The first-order chi connectivity index (χ1) is 9.86. The van der Waals surface area contributed by atoms with E-state index in [-0.39, 0.29) is 0 Å². The average molecular weight is 273 g/mol. The third-order valence-corrected chi connectivity index (χ3v) is 4.93. The number of fused-ring (bicyclic) bond motifs is 1. The minimum atomic E-state index is 0.841. The van der Waals surface area contributed by atoms with Crippen molar-refractivity contribution < 1.29 is 0 Å². The molecule has 3 rings (SSSR count). The van der Waals surface area contributed by atoms with Crippen LogP contribution >= 0.6 is 0 Å². The van der Waals surface area contributed by atoms with Gasteiger partial charge in [0.1, 0.15) is 5.82 Å². The summed E-state index contributed by atoms with van der Waals surface area (Å²) in [4.78, 5) is 7.11. The fourth-order valence-electron chi connectivity index (χ4n) is 4.01. The molecule has 0 aromatic carbocycles. The summed E-state index contributed by atoms with van der Waals surface area (Å²) in [7, 11) is 0. The van der Waals surface area contributed by atoms with E-state index in [4.69, 9.17) is 0 Å². The molecule has 0 bridgehead atoms. The molecule has 2 fully saturated rings. The largest absolute Gasteiger partial charge is 0.370 e. The topological polar surface area (TPSA) is 28.2 Å². The molecule has 0 radical (unpaired) electrons. The Kier molecular flexibility index (Phi) is 4.56. The summed E-state index contributed by atoms with van der Waals surface area (Å²) in [6, 6.07) is 5.23. The van der Waals surface area contributed by atoms with Crippen LogP contribution in [0.25, 0.3) is 0 Å². The Bertz CT molecular complexity index is 430. The molecule has 20 heavy (non-hydrogen) atoms. The van der Waals surface area contributed by atoms with E-state index in [9.17, 15) is 0 Å². The third kappa shape index (κ3) is 3.14. The van der Waals surface area contributed by atoms with Gasteiger partial charge in [0.25, 0.3) is 0 Å². The molecule has 1 N–H and O–H groups in total. The number of likely N-dealkylation sites (tertiary alicyclic amines) is 1. The highest BCUT2D eigenvalue weighted by molar-refractivity contribution is 5.37. The smallest absolute Gasteiger partial charge is 0.126 e. The van der Waals surface area contributed by atoms with Crippen molar-refractivity contribution in [2.75, 3.05) is 18.4 Å². The summed E-state index contributed by atoms with van der Waals surface area (Å²) in [5.41, 5.74) is 1.40. The molecule has 2 unspecified atom stereocenters. The van der Waals surface area contributed by atoms with E-state index in [1.54, 1.807) is 0 Å². The van der Waals surface area contributed by atoms with Gasteiger partial charge in [0.15, 0.2) is 0 Å². The van der Waals surface area contributed by atoms with Crippen molar-refractivity contribution in [2.24, 2.45) is 5.92 Å². The number of anilines is 1. The summed E-state index contributed by atoms with van der Waals surface area (Å²) in [5, 5.41) is 3.31. The maximum Gasteiger partial charge on any atom is 0.126 e. The zero-order chi connectivity index (χ0) is 13.8. The van der Waals surface area contributed by atoms with Crippen molar-refractivity contribution in [1.29, 1.82) is 0 Å². The highest BCUT2D eigenvalue weighted by Gasteiger charge is 2.32. The van der Waals surface area contributed by atoms with Crippen LogP contribution in [0.1, 0.15) is 51.0 Å². The van der Waals surface area contributed by atoms with Crippen molar-refractivity contribution in [3.63, 3.8) is 0 Å². The molecule has 1 saturated heterocycles. The Morgan fingerprint density at radius 1 is 1.25 bits per heavy atom. The van der Waals surface area contributed by atoms with E-state index in [1.165, 1.54) is 50.6 Å². The van der Waals surface area contributed by atoms with Crippen LogP contribution in [-0.4, -0.2) is 29.0 Å². The molecule has 110 valence electrons. The molecule has 3 heteroatoms. The van der Waals surface area contributed by atoms with Gasteiger partial charge in [0, 0.05) is 25.3 Å². The minimum Gasteiger partial charge on any atom is -0.370 e. The van der Waals surface area contributed by atoms with Gasteiger partial charge >= 0.3 is 0 Å². The lowest BCUT2D eigenvalue weighted by atomic mass is 9.78. The third-order valence-electron chi connectivity index (χ3n) is 4.93. The Hall–Kier alpha value is -1.09. The lowest BCUT2D eigenvalue weighted by Gasteiger charge is -2.44. The van der Waals surface area contributed by atoms with Crippen molar-refractivity contribution in [3.05, 3.63) is 23.9 Å². The van der Waals surface area contributed by atoms with Crippen molar-refractivity contribution in [3.8, 4) is 0 Å². The van der Waals surface area contributed by atoms with Crippen LogP contribution in [0.4, 0.5) is 5.82 Å². The van der Waals surface area contributed by atoms with Gasteiger partial charge < -0.3 is 5.32 Å². The number of hydrogen-bond acceptors (Lipinski definition) is 3. The van der Waals surface area contributed by atoms with E-state index in [1.807, 2.05) is 6.20 Å². The van der Waals surface area contributed by atoms with Gasteiger partial charge in [0.2, 0.25) is 0 Å². The minimum absolute atomic E-state index is 0.841. The zero-order valence-corrected chi connectivity index (χ0v) is 12.6. The van der Waals surface area contributed by atoms with Crippen LogP contribution in [0, 0.1) is 5.92 Å². The number of aromatic nitrogens is 1. The van der Waals surface area contributed by atoms with E-state index < -0.39 is 0 Å². The first kappa shape index (κ1) is 13.9. The zero-order valence-electron chi connectivity index (χ0n) is 12.6. The fraction of sp³-hybridized carbons (Fsp3) is 0.706. The second-order valence-corrected chi connectivity index (χ2v) is 6.30. The van der Waals surface area contributed by atoms with Gasteiger partial charge in [-0.3, -0.25) is 4.90 Å². The monoisotopic (exact) mass is 273 g/mol. The van der Waals surface area contributed by atoms with Crippen LogP contribution in [0.15, 0.2) is 18.3 Å². The molecule has 0 spiro atoms. The van der Waals surface area contributed by atoms with Gasteiger partial charge in [0.05, 0.1) is 0 Å². The number of nitrogens with zero attached hydrogens (tertiary/aromatic N) is 2. The number of piperidine rings is 1. The van der Waals surface area contributed by atoms with Crippen molar-refractivity contribution in [2.45, 2.75) is 58.0 Å². The van der Waals surface area contributed by atoms with Crippen molar-refractivity contribution in [1.82, 2.24) is 9.88 Å². The standard InChI is InChI=1S/C17H27N3/c1-2-18-17-12-14(9-10-19-17)13-20-11-5-7-15-6-3-4-8-16(15)20/h9-10,12,15-16H,2-8,11,13H2,1H3,(H,18,19). The summed E-state index contributed by atoms with van der Waals surface area (Å²) in [6.45, 7) is 5.43. The van der Waals surface area contributed by atoms with Crippen LogP contribution in [0.2, 0.25) is 0 Å². The first-order valence-electron chi connectivity index (χ1n) is 8.29. The molecule has 1 aliphatic heterocycles. The summed E-state index contributed by atoms with van der Waals surface area (Å²) in [5.74, 6) is 1.98. The van der Waals surface area contributed by atoms with Crippen LogP contribution < -0.4 is 5.32 Å². The summed E-state index contributed by atoms with van der Waals surface area (Å²) >= 11 is 0. The van der Waals surface area contributed by atoms with E-state index in [2.05, 4.69) is 34.3 Å². The van der Waals surface area contributed by atoms with Crippen LogP contribution in [0.3, 0.4) is 0 Å². The Balaban J connectivity index is 1.68. The Labute approximate surface area is 122 Å². The van der Waals surface area contributed by atoms with Crippen molar-refractivity contribution >= 4 is 5.82 Å². The van der Waals surface area contributed by atoms with E-state index in [0.717, 1.165) is 30.9 Å². The lowest BCUT2D eigenvalue weighted by Crippen LogP contribution is -2.46. The van der Waals surface area contributed by atoms with E-state index >= 15 is 0 Å². The fourth-order valence-corrected chi connectivity index (χ4v) is 4.01. The maximum atomic E-state index is 4.37. The molecular formula is C17H27N3. The molecule has 2 heterocycles. The highest BCUT2D eigenvalue weighted by atomic mass is 15.2. The highest BCUT2D eigenvalue weighted by Crippen LogP contribution is 2.35. The Morgan fingerprint density at radius 3 is 3.00 bits per heavy atom. The lowest BCUT2D eigenvalue weighted by molar-refractivity contribution is 0.0547. The van der Waals surface area contributed by atoms with Gasteiger partial charge in [-0.1, -0.05) is 12.8 Å². The number of pyridine rings is 1. The first-order valence-corrected chi connectivity index (χ1v) is 8.29. The predicted octanol–water partition coefficient (Wildman–Crippen LogP) is 3.67. The van der Waals surface area contributed by atoms with Crippen LogP contribution in [0.5, 0.6) is 0 Å². The molecule has 0 amide bonds. The second-order valence-electron chi connectivity index (χ2n) is 6.30. The number of rotatable bonds is 4. The average Bonchev–Trinajstić information content (AvgIpc) is 2.48. The van der Waals surface area contributed by atoms with E-state index in [0.29, 0.717) is 0 Å². The molecule has 1 aliphatic carbocycles. The van der Waals surface area contributed by atoms with Gasteiger partial charge in [-0.2, -0.15) is 0 Å². The molecule has 3 nitrogen and oxygen atoms in total. The molecule has 1 aromatic heterocycles. The molecule has 1 saturated carbocycles. The molecular weight excluding hydrogens is 246 g/mol. The van der Waals surface area contributed by atoms with Gasteiger partial charge in [-0.05, 0) is 62.8 Å². The number of hydrogen-bond donors (Lipinski definition) is 1. The normalized spacial score (nSPS) is 27.1. The maximum absolute atomic E-state index is 4.37. The number of nitrogens with one attached hydrogen (secondary N) is 1. The molecule has 2 aliphatic rings.